The maximum absolute atomic E-state index is 15.6. The Kier molecular flexibility index (Phi) is 11.5. The number of hydrogen-bond acceptors (Lipinski definition) is 6. The van der Waals surface area contributed by atoms with Crippen molar-refractivity contribution in [1.29, 1.82) is 0 Å². The van der Waals surface area contributed by atoms with E-state index in [9.17, 15) is 19.2 Å². The van der Waals surface area contributed by atoms with Gasteiger partial charge in [-0.1, -0.05) is 31.7 Å². The van der Waals surface area contributed by atoms with Crippen molar-refractivity contribution in [3.05, 3.63) is 47.5 Å². The molecule has 2 aromatic rings. The lowest BCUT2D eigenvalue weighted by atomic mass is 9.91. The Hall–Kier alpha value is -4.00. The van der Waals surface area contributed by atoms with Crippen LogP contribution in [-0.2, 0) is 16.0 Å². The minimum atomic E-state index is -0.869. The van der Waals surface area contributed by atoms with Gasteiger partial charge < -0.3 is 31.1 Å². The van der Waals surface area contributed by atoms with Crippen LogP contribution in [0, 0.1) is 11.7 Å². The molecule has 1 aromatic heterocycles. The highest BCUT2D eigenvalue weighted by Crippen LogP contribution is 2.27. The molecule has 0 unspecified atom stereocenters. The van der Waals surface area contributed by atoms with Gasteiger partial charge in [-0.3, -0.25) is 19.1 Å². The summed E-state index contributed by atoms with van der Waals surface area (Å²) < 4.78 is 17.2. The number of amides is 5. The highest BCUT2D eigenvalue weighted by Gasteiger charge is 2.33. The fraction of sp³-hybridized carbons (Fsp3) is 0.618. The van der Waals surface area contributed by atoms with Gasteiger partial charge in [-0.05, 0) is 76.3 Å². The Labute approximate surface area is 276 Å². The standard InChI is InChI=1S/C34H49FN8O4/c1-22(2)43-29(14-15-36-43)31(44)40-30(24-8-6-4-5-7-9-24)32(45)38-27-13-10-23(20-26(27)35)21-28(39-34(47)37-25-11-12-25)33(46)42-18-16-41(3)17-19-42/h10,13-15,20,22,24-25,28,30H,4-9,11-12,16-19,21H2,1-3H3,(H,38,45)(H,40,44)(H2,37,39,47)/t28-,30+/m1/s1. The summed E-state index contributed by atoms with van der Waals surface area (Å²) in [6.07, 6.45) is 9.11. The van der Waals surface area contributed by atoms with Crippen LogP contribution in [0.5, 0.6) is 0 Å². The third-order valence-corrected chi connectivity index (χ3v) is 9.39. The molecule has 3 fully saturated rings. The number of nitrogens with zero attached hydrogens (tertiary/aromatic N) is 4. The predicted molar refractivity (Wildman–Crippen MR) is 176 cm³/mol. The van der Waals surface area contributed by atoms with Gasteiger partial charge in [-0.15, -0.1) is 0 Å². The van der Waals surface area contributed by atoms with Crippen molar-refractivity contribution < 1.29 is 23.6 Å². The fourth-order valence-electron chi connectivity index (χ4n) is 6.46. The molecule has 0 bridgehead atoms. The van der Waals surface area contributed by atoms with Crippen LogP contribution < -0.4 is 21.3 Å². The van der Waals surface area contributed by atoms with E-state index in [4.69, 9.17) is 0 Å². The Balaban J connectivity index is 1.29. The summed E-state index contributed by atoms with van der Waals surface area (Å²) in [6.45, 7) is 6.43. The van der Waals surface area contributed by atoms with E-state index in [-0.39, 0.29) is 36.0 Å². The summed E-state index contributed by atoms with van der Waals surface area (Å²) in [5, 5.41) is 15.6. The smallest absolute Gasteiger partial charge is 0.315 e. The largest absolute Gasteiger partial charge is 0.339 e. The summed E-state index contributed by atoms with van der Waals surface area (Å²) in [7, 11) is 2.00. The average Bonchev–Trinajstić information content (AvgIpc) is 3.78. The minimum absolute atomic E-state index is 0.0137. The topological polar surface area (TPSA) is 141 Å². The van der Waals surface area contributed by atoms with Crippen LogP contribution in [0.3, 0.4) is 0 Å². The third-order valence-electron chi connectivity index (χ3n) is 9.39. The molecule has 256 valence electrons. The highest BCUT2D eigenvalue weighted by molar-refractivity contribution is 6.00. The molecule has 5 amide bonds. The molecule has 1 aliphatic heterocycles. The molecule has 3 aliphatic rings. The molecular weight excluding hydrogens is 603 g/mol. The van der Waals surface area contributed by atoms with Crippen LogP contribution in [0.1, 0.15) is 87.3 Å². The van der Waals surface area contributed by atoms with Crippen molar-refractivity contribution in [2.45, 2.75) is 95.8 Å². The first-order valence-electron chi connectivity index (χ1n) is 17.1. The van der Waals surface area contributed by atoms with Gasteiger partial charge in [-0.25, -0.2) is 9.18 Å². The third kappa shape index (κ3) is 9.30. The highest BCUT2D eigenvalue weighted by atomic mass is 19.1. The van der Waals surface area contributed by atoms with E-state index in [1.165, 1.54) is 12.1 Å². The number of nitrogens with one attached hydrogen (secondary N) is 4. The van der Waals surface area contributed by atoms with Gasteiger partial charge in [0.05, 0.1) is 5.69 Å². The Morgan fingerprint density at radius 2 is 1.64 bits per heavy atom. The molecule has 5 rings (SSSR count). The molecule has 2 aliphatic carbocycles. The molecule has 4 N–H and O–H groups in total. The molecule has 2 atom stereocenters. The van der Waals surface area contributed by atoms with Crippen molar-refractivity contribution in [2.24, 2.45) is 5.92 Å². The molecule has 2 heterocycles. The number of piperazine rings is 1. The summed E-state index contributed by atoms with van der Waals surface area (Å²) >= 11 is 0. The number of likely N-dealkylation sites (N-methyl/N-ethyl adjacent to an activating group) is 1. The predicted octanol–water partition coefficient (Wildman–Crippen LogP) is 3.46. The van der Waals surface area contributed by atoms with E-state index in [1.807, 2.05) is 20.9 Å². The van der Waals surface area contributed by atoms with Gasteiger partial charge in [-0.2, -0.15) is 5.10 Å². The summed E-state index contributed by atoms with van der Waals surface area (Å²) in [6, 6.07) is 4.01. The van der Waals surface area contributed by atoms with Crippen molar-refractivity contribution in [3.8, 4) is 0 Å². The Morgan fingerprint density at radius 1 is 0.936 bits per heavy atom. The maximum atomic E-state index is 15.6. The van der Waals surface area contributed by atoms with E-state index in [0.29, 0.717) is 24.3 Å². The van der Waals surface area contributed by atoms with Crippen LogP contribution in [0.25, 0.3) is 0 Å². The molecule has 1 aromatic carbocycles. The number of carbonyl (C=O) groups excluding carboxylic acids is 4. The van der Waals surface area contributed by atoms with E-state index < -0.39 is 35.7 Å². The second kappa shape index (κ2) is 15.7. The van der Waals surface area contributed by atoms with Crippen LogP contribution in [0.4, 0.5) is 14.9 Å². The SMILES string of the molecule is CC(C)n1nccc1C(=O)N[C@H](C(=O)Nc1ccc(C[C@@H](NC(=O)NC2CC2)C(=O)N2CCN(C)CC2)cc1F)C1CCCCCC1. The number of hydrogen-bond donors (Lipinski definition) is 4. The Bertz CT molecular complexity index is 1410. The average molecular weight is 653 g/mol. The second-order valence-corrected chi connectivity index (χ2v) is 13.5. The molecule has 13 heteroatoms. The van der Waals surface area contributed by atoms with Crippen LogP contribution in [0.2, 0.25) is 0 Å². The number of urea groups is 1. The molecule has 47 heavy (non-hydrogen) atoms. The quantitative estimate of drug-likeness (QED) is 0.274. The number of carbonyl (C=O) groups is 4. The molecule has 0 spiro atoms. The van der Waals surface area contributed by atoms with Crippen molar-refractivity contribution in [3.63, 3.8) is 0 Å². The van der Waals surface area contributed by atoms with E-state index in [0.717, 1.165) is 64.5 Å². The van der Waals surface area contributed by atoms with Gasteiger partial charge in [0, 0.05) is 50.9 Å². The number of halogens is 1. The lowest BCUT2D eigenvalue weighted by molar-refractivity contribution is -0.134. The fourth-order valence-corrected chi connectivity index (χ4v) is 6.46. The molecule has 2 saturated carbocycles. The summed E-state index contributed by atoms with van der Waals surface area (Å²) in [5.41, 5.74) is 0.859. The van der Waals surface area contributed by atoms with Crippen LogP contribution in [0.15, 0.2) is 30.5 Å². The lowest BCUT2D eigenvalue weighted by Crippen LogP contribution is -2.56. The van der Waals surface area contributed by atoms with E-state index in [1.54, 1.807) is 27.9 Å². The van der Waals surface area contributed by atoms with Gasteiger partial charge in [0.25, 0.3) is 5.91 Å². The maximum Gasteiger partial charge on any atom is 0.315 e. The van der Waals surface area contributed by atoms with Crippen LogP contribution >= 0.6 is 0 Å². The first-order valence-corrected chi connectivity index (χ1v) is 17.1. The monoisotopic (exact) mass is 652 g/mol. The summed E-state index contributed by atoms with van der Waals surface area (Å²) in [5.74, 6) is -1.83. The lowest BCUT2D eigenvalue weighted by Gasteiger charge is -2.34. The normalized spacial score (nSPS) is 19.0. The number of benzene rings is 1. The molecule has 0 radical (unpaired) electrons. The zero-order valence-electron chi connectivity index (χ0n) is 27.8. The van der Waals surface area contributed by atoms with E-state index >= 15 is 4.39 Å². The van der Waals surface area contributed by atoms with E-state index in [2.05, 4.69) is 31.3 Å². The van der Waals surface area contributed by atoms with Gasteiger partial charge in [0.2, 0.25) is 11.8 Å². The minimum Gasteiger partial charge on any atom is -0.339 e. The zero-order chi connectivity index (χ0) is 33.5. The van der Waals surface area contributed by atoms with Crippen molar-refractivity contribution in [2.75, 3.05) is 38.5 Å². The van der Waals surface area contributed by atoms with Crippen molar-refractivity contribution in [1.82, 2.24) is 35.5 Å². The molecule has 12 nitrogen and oxygen atoms in total. The van der Waals surface area contributed by atoms with Crippen molar-refractivity contribution >= 4 is 29.4 Å². The summed E-state index contributed by atoms with van der Waals surface area (Å²) in [4.78, 5) is 57.1. The van der Waals surface area contributed by atoms with Crippen LogP contribution in [-0.4, -0.2) is 94.7 Å². The van der Waals surface area contributed by atoms with Gasteiger partial charge >= 0.3 is 6.03 Å². The first kappa shape index (κ1) is 34.3. The molecule has 1 saturated heterocycles. The first-order chi connectivity index (χ1) is 22.6. The van der Waals surface area contributed by atoms with Gasteiger partial charge in [0.15, 0.2) is 0 Å². The van der Waals surface area contributed by atoms with Gasteiger partial charge in [0.1, 0.15) is 23.6 Å². The number of anilines is 1. The second-order valence-electron chi connectivity index (χ2n) is 13.5. The molecular formula is C34H49FN8O4. The number of aromatic nitrogens is 2. The zero-order valence-corrected chi connectivity index (χ0v) is 27.8. The number of rotatable bonds is 11. The Morgan fingerprint density at radius 3 is 2.28 bits per heavy atom.